The van der Waals surface area contributed by atoms with E-state index in [1.807, 2.05) is 32.9 Å². The van der Waals surface area contributed by atoms with Crippen LogP contribution in [0.15, 0.2) is 59.4 Å². The average Bonchev–Trinajstić information content (AvgIpc) is 3.88. The van der Waals surface area contributed by atoms with Gasteiger partial charge in [0.25, 0.3) is 11.7 Å². The van der Waals surface area contributed by atoms with E-state index in [2.05, 4.69) is 75.9 Å². The van der Waals surface area contributed by atoms with Crippen molar-refractivity contribution < 1.29 is 28.0 Å². The molecule has 5 heterocycles. The van der Waals surface area contributed by atoms with Gasteiger partial charge in [-0.05, 0) is 79.5 Å². The number of amides is 3. The van der Waals surface area contributed by atoms with E-state index in [1.165, 1.54) is 11.9 Å². The Morgan fingerprint density at radius 1 is 1.02 bits per heavy atom. The van der Waals surface area contributed by atoms with Gasteiger partial charge >= 0.3 is 0 Å². The Balaban J connectivity index is 0.878. The van der Waals surface area contributed by atoms with Crippen LogP contribution >= 0.6 is 0 Å². The third-order valence-corrected chi connectivity index (χ3v) is 12.8. The minimum absolute atomic E-state index is 0.0762. The lowest BCUT2D eigenvalue weighted by Crippen LogP contribution is -2.53. The van der Waals surface area contributed by atoms with Crippen molar-refractivity contribution in [1.82, 2.24) is 40.6 Å². The lowest BCUT2D eigenvalue weighted by atomic mass is 9.74. The standard InChI is InChI=1S/C46H50FN9O5/c1-24-30(25(2)50-44(59)42-53-45(61-54-42)46(3,4)5)11-12-32(39(24)47)40-38-33-21-36(60-6)35(22-34(33)51-41(38)49-23-48-40)56-17-15-55(16-18-56)29-19-28(20-29)26-7-9-27(10-8-26)31-13-14-37(57)52-43(31)58/h7-12,21-23,25,28-29,31H,13-20H2,1-6H3,(H,50,59)(H,48,49,51)(H,52,57,58)/t25-,28?,29?,31+/m1/s1. The number of piperidine rings is 1. The fourth-order valence-corrected chi connectivity index (χ4v) is 9.17. The van der Waals surface area contributed by atoms with Crippen molar-refractivity contribution >= 4 is 45.3 Å². The Morgan fingerprint density at radius 2 is 1.75 bits per heavy atom. The number of nitrogens with zero attached hydrogens (tertiary/aromatic N) is 6. The Labute approximate surface area is 352 Å². The molecule has 3 fully saturated rings. The van der Waals surface area contributed by atoms with Crippen molar-refractivity contribution in [2.75, 3.05) is 38.2 Å². The molecule has 1 aliphatic carbocycles. The van der Waals surface area contributed by atoms with Crippen LogP contribution in [0, 0.1) is 12.7 Å². The summed E-state index contributed by atoms with van der Waals surface area (Å²) in [5.74, 6) is -0.116. The van der Waals surface area contributed by atoms with E-state index in [-0.39, 0.29) is 23.6 Å². The Hall–Kier alpha value is -6.22. The minimum atomic E-state index is -0.542. The third kappa shape index (κ3) is 7.49. The number of benzene rings is 3. The molecule has 9 rings (SSSR count). The van der Waals surface area contributed by atoms with Crippen molar-refractivity contribution in [1.29, 1.82) is 0 Å². The third-order valence-electron chi connectivity index (χ3n) is 12.8. The first-order valence-electron chi connectivity index (χ1n) is 21.0. The highest BCUT2D eigenvalue weighted by molar-refractivity contribution is 6.13. The number of rotatable bonds is 9. The molecule has 1 saturated carbocycles. The van der Waals surface area contributed by atoms with Gasteiger partial charge in [-0.15, -0.1) is 0 Å². The summed E-state index contributed by atoms with van der Waals surface area (Å²) in [6, 6.07) is 16.0. The second kappa shape index (κ2) is 15.7. The maximum atomic E-state index is 16.4. The summed E-state index contributed by atoms with van der Waals surface area (Å²) in [6.07, 6.45) is 4.58. The predicted octanol–water partition coefficient (Wildman–Crippen LogP) is 6.99. The molecule has 316 valence electrons. The van der Waals surface area contributed by atoms with Crippen molar-refractivity contribution in [3.05, 3.63) is 94.6 Å². The molecule has 15 heteroatoms. The number of halogens is 1. The molecule has 0 unspecified atom stereocenters. The van der Waals surface area contributed by atoms with Crippen LogP contribution in [0.3, 0.4) is 0 Å². The number of carbonyl (C=O) groups is 3. The molecule has 3 aliphatic rings. The zero-order valence-electron chi connectivity index (χ0n) is 35.3. The number of anilines is 1. The second-order valence-corrected chi connectivity index (χ2v) is 17.7. The predicted molar refractivity (Wildman–Crippen MR) is 228 cm³/mol. The van der Waals surface area contributed by atoms with E-state index in [4.69, 9.17) is 9.26 Å². The topological polar surface area (TPSA) is 171 Å². The number of fused-ring (bicyclic) bond motifs is 3. The Morgan fingerprint density at radius 3 is 2.44 bits per heavy atom. The summed E-state index contributed by atoms with van der Waals surface area (Å²) in [6.45, 7) is 12.8. The maximum Gasteiger partial charge on any atom is 0.293 e. The first-order chi connectivity index (χ1) is 29.3. The average molecular weight is 828 g/mol. The van der Waals surface area contributed by atoms with Crippen LogP contribution in [0.2, 0.25) is 0 Å². The zero-order valence-corrected chi connectivity index (χ0v) is 35.3. The number of aromatic amines is 1. The van der Waals surface area contributed by atoms with E-state index in [1.54, 1.807) is 27.0 Å². The van der Waals surface area contributed by atoms with Gasteiger partial charge < -0.3 is 24.5 Å². The van der Waals surface area contributed by atoms with Gasteiger partial charge in [-0.3, -0.25) is 24.6 Å². The Bertz CT molecular complexity index is 2670. The highest BCUT2D eigenvalue weighted by Gasteiger charge is 2.37. The van der Waals surface area contributed by atoms with Crippen LogP contribution in [-0.2, 0) is 15.0 Å². The lowest BCUT2D eigenvalue weighted by Gasteiger charge is -2.47. The van der Waals surface area contributed by atoms with Crippen LogP contribution in [-0.4, -0.2) is 87.0 Å². The molecule has 3 N–H and O–H groups in total. The fourth-order valence-electron chi connectivity index (χ4n) is 9.17. The fraction of sp³-hybridized carbons (Fsp3) is 0.413. The first kappa shape index (κ1) is 40.2. The van der Waals surface area contributed by atoms with Crippen molar-refractivity contribution in [3.63, 3.8) is 0 Å². The summed E-state index contributed by atoms with van der Waals surface area (Å²) >= 11 is 0. The quantitative estimate of drug-likeness (QED) is 0.128. The molecule has 61 heavy (non-hydrogen) atoms. The molecule has 2 atom stereocenters. The lowest BCUT2D eigenvalue weighted by molar-refractivity contribution is -0.134. The summed E-state index contributed by atoms with van der Waals surface area (Å²) in [5, 5.41) is 10.7. The van der Waals surface area contributed by atoms with Gasteiger partial charge in [0, 0.05) is 55.0 Å². The van der Waals surface area contributed by atoms with Gasteiger partial charge in [0.05, 0.1) is 41.4 Å². The number of aromatic nitrogens is 5. The van der Waals surface area contributed by atoms with Crippen molar-refractivity contribution in [2.45, 2.75) is 89.6 Å². The number of hydrogen-bond donors (Lipinski definition) is 3. The molecule has 6 aromatic rings. The van der Waals surface area contributed by atoms with Gasteiger partial charge in [-0.25, -0.2) is 14.4 Å². The number of carbonyl (C=O) groups excluding carboxylic acids is 3. The molecule has 3 aromatic heterocycles. The number of ether oxygens (including phenoxy) is 1. The van der Waals surface area contributed by atoms with E-state index in [9.17, 15) is 14.4 Å². The smallest absolute Gasteiger partial charge is 0.293 e. The van der Waals surface area contributed by atoms with Gasteiger partial charge in [0.2, 0.25) is 17.7 Å². The van der Waals surface area contributed by atoms with Crippen LogP contribution in [0.25, 0.3) is 33.2 Å². The molecular weight excluding hydrogens is 778 g/mol. The molecule has 14 nitrogen and oxygen atoms in total. The minimum Gasteiger partial charge on any atom is -0.495 e. The van der Waals surface area contributed by atoms with Crippen molar-refractivity contribution in [3.8, 4) is 17.0 Å². The molecule has 2 saturated heterocycles. The highest BCUT2D eigenvalue weighted by atomic mass is 19.1. The van der Waals surface area contributed by atoms with E-state index < -0.39 is 23.2 Å². The number of H-pyrrole nitrogens is 1. The number of hydrogen-bond acceptors (Lipinski definition) is 11. The second-order valence-electron chi connectivity index (χ2n) is 17.7. The maximum absolute atomic E-state index is 16.4. The molecule has 0 radical (unpaired) electrons. The highest BCUT2D eigenvalue weighted by Crippen LogP contribution is 2.43. The summed E-state index contributed by atoms with van der Waals surface area (Å²) < 4.78 is 27.7. The largest absolute Gasteiger partial charge is 0.495 e. The summed E-state index contributed by atoms with van der Waals surface area (Å²) in [7, 11) is 1.67. The molecule has 3 amide bonds. The molecular formula is C46H50FN9O5. The van der Waals surface area contributed by atoms with Gasteiger partial charge in [0.1, 0.15) is 23.5 Å². The van der Waals surface area contributed by atoms with Crippen LogP contribution < -0.4 is 20.3 Å². The molecule has 2 aliphatic heterocycles. The molecule has 3 aromatic carbocycles. The van der Waals surface area contributed by atoms with Gasteiger partial charge in [-0.1, -0.05) is 56.3 Å². The Kier molecular flexibility index (Phi) is 10.3. The number of piperazine rings is 1. The zero-order chi connectivity index (χ0) is 42.7. The number of imide groups is 1. The number of methoxy groups -OCH3 is 1. The van der Waals surface area contributed by atoms with Crippen molar-refractivity contribution in [2.24, 2.45) is 0 Å². The summed E-state index contributed by atoms with van der Waals surface area (Å²) in [5.41, 5.74) is 6.06. The molecule has 0 bridgehead atoms. The normalized spacial score (nSPS) is 20.4. The summed E-state index contributed by atoms with van der Waals surface area (Å²) in [4.78, 5) is 58.7. The monoisotopic (exact) mass is 827 g/mol. The van der Waals surface area contributed by atoms with Gasteiger partial charge in [-0.2, -0.15) is 4.98 Å². The van der Waals surface area contributed by atoms with E-state index in [0.717, 1.165) is 61.2 Å². The van der Waals surface area contributed by atoms with Crippen LogP contribution in [0.4, 0.5) is 10.1 Å². The van der Waals surface area contributed by atoms with Gasteiger partial charge in [0.15, 0.2) is 0 Å². The van der Waals surface area contributed by atoms with E-state index in [0.29, 0.717) is 69.9 Å². The first-order valence-corrected chi connectivity index (χ1v) is 21.0. The van der Waals surface area contributed by atoms with E-state index >= 15 is 4.39 Å². The SMILES string of the molecule is COc1cc2c(cc1N1CCN(C3CC(c4ccc([C@@H]5CCC(=O)NC5=O)cc4)C3)CC1)[nH]c1ncnc(-c3ccc([C@@H](C)NC(=O)c4noc(C(C)(C)C)n4)c(C)c3F)c12. The molecule has 0 spiro atoms. The number of nitrogens with one attached hydrogen (secondary N) is 3. The van der Waals surface area contributed by atoms with Crippen LogP contribution in [0.5, 0.6) is 5.75 Å². The van der Waals surface area contributed by atoms with Crippen LogP contribution in [0.1, 0.15) is 110 Å².